The van der Waals surface area contributed by atoms with E-state index in [0.717, 1.165) is 32.0 Å². The first-order chi connectivity index (χ1) is 11.1. The molecule has 0 saturated carbocycles. The molecule has 1 aliphatic heterocycles. The van der Waals surface area contributed by atoms with Crippen LogP contribution in [0.3, 0.4) is 0 Å². The lowest BCUT2D eigenvalue weighted by Gasteiger charge is -2.08. The molecule has 2 rings (SSSR count). The predicted octanol–water partition coefficient (Wildman–Crippen LogP) is 2.51. The van der Waals surface area contributed by atoms with Crippen molar-refractivity contribution in [3.8, 4) is 0 Å². The molecule has 0 radical (unpaired) electrons. The van der Waals surface area contributed by atoms with E-state index in [4.69, 9.17) is 22.4 Å². The number of unbranched alkanes of at least 4 members (excludes halogenated alkanes) is 2. The maximum Gasteiger partial charge on any atom is 0.287 e. The molecule has 1 fully saturated rings. The molecule has 1 aromatic rings. The Hall–Kier alpha value is -1.28. The van der Waals surface area contributed by atoms with E-state index in [1.54, 1.807) is 0 Å². The van der Waals surface area contributed by atoms with Gasteiger partial charge in [-0.1, -0.05) is 18.0 Å². The van der Waals surface area contributed by atoms with Crippen LogP contribution in [0.4, 0.5) is 5.69 Å². The van der Waals surface area contributed by atoms with Gasteiger partial charge in [-0.05, 0) is 57.8 Å². The Morgan fingerprint density at radius 3 is 2.30 bits per heavy atom. The molecule has 0 bridgehead atoms. The van der Waals surface area contributed by atoms with Crippen LogP contribution in [0.5, 0.6) is 0 Å². The molecular formula is C15H27ClN4O3. The zero-order valence-corrected chi connectivity index (χ0v) is 14.2. The van der Waals surface area contributed by atoms with E-state index in [1.807, 2.05) is 0 Å². The van der Waals surface area contributed by atoms with Crippen LogP contribution in [0.15, 0.2) is 18.3 Å². The third kappa shape index (κ3) is 14.1. The summed E-state index contributed by atoms with van der Waals surface area (Å²) >= 11 is 5.38. The monoisotopic (exact) mass is 346 g/mol. The van der Waals surface area contributed by atoms with Crippen molar-refractivity contribution in [2.75, 3.05) is 26.2 Å². The van der Waals surface area contributed by atoms with Crippen molar-refractivity contribution < 1.29 is 10.0 Å². The van der Waals surface area contributed by atoms with Gasteiger partial charge in [-0.15, -0.1) is 0 Å². The highest BCUT2D eigenvalue weighted by Crippen LogP contribution is 2.11. The fourth-order valence-electron chi connectivity index (χ4n) is 1.71. The van der Waals surface area contributed by atoms with Gasteiger partial charge in [0.25, 0.3) is 5.69 Å². The Morgan fingerprint density at radius 1 is 1.26 bits per heavy atom. The highest BCUT2D eigenvalue weighted by Gasteiger charge is 2.02. The summed E-state index contributed by atoms with van der Waals surface area (Å²) in [6, 6.07) is 2.68. The number of nitrogens with one attached hydrogen (secondary N) is 1. The molecule has 0 atom stereocenters. The van der Waals surface area contributed by atoms with Crippen LogP contribution >= 0.6 is 11.6 Å². The van der Waals surface area contributed by atoms with Crippen LogP contribution in [0.1, 0.15) is 38.5 Å². The van der Waals surface area contributed by atoms with Crippen LogP contribution in [0.25, 0.3) is 0 Å². The van der Waals surface area contributed by atoms with E-state index >= 15 is 0 Å². The molecule has 0 spiro atoms. The number of nitrogens with two attached hydrogens (primary N) is 1. The number of rotatable bonds is 5. The van der Waals surface area contributed by atoms with Crippen LogP contribution in [-0.2, 0) is 0 Å². The van der Waals surface area contributed by atoms with Crippen molar-refractivity contribution in [1.82, 2.24) is 10.3 Å². The van der Waals surface area contributed by atoms with Gasteiger partial charge in [0.05, 0.1) is 4.92 Å². The van der Waals surface area contributed by atoms with Gasteiger partial charge in [-0.3, -0.25) is 10.1 Å². The Labute approximate surface area is 142 Å². The van der Waals surface area contributed by atoms with Gasteiger partial charge in [0, 0.05) is 12.7 Å². The van der Waals surface area contributed by atoms with Crippen LogP contribution in [0, 0.1) is 10.1 Å². The number of aliphatic hydroxyl groups excluding tert-OH is 1. The Bertz CT molecular complexity index is 385. The number of piperidine rings is 1. The molecule has 23 heavy (non-hydrogen) atoms. The zero-order valence-electron chi connectivity index (χ0n) is 13.4. The number of hydrogen-bond acceptors (Lipinski definition) is 6. The highest BCUT2D eigenvalue weighted by molar-refractivity contribution is 6.29. The lowest BCUT2D eigenvalue weighted by molar-refractivity contribution is -0.385. The van der Waals surface area contributed by atoms with Gasteiger partial charge in [-0.25, -0.2) is 4.98 Å². The van der Waals surface area contributed by atoms with Crippen molar-refractivity contribution in [1.29, 1.82) is 0 Å². The number of hydrogen-bond donors (Lipinski definition) is 3. The number of aromatic nitrogens is 1. The lowest BCUT2D eigenvalue weighted by atomic mass is 10.2. The molecule has 0 amide bonds. The van der Waals surface area contributed by atoms with Crippen molar-refractivity contribution in [3.05, 3.63) is 33.6 Å². The number of nitrogens with zero attached hydrogens (tertiary/aromatic N) is 2. The van der Waals surface area contributed by atoms with E-state index in [0.29, 0.717) is 6.61 Å². The second-order valence-corrected chi connectivity index (χ2v) is 5.37. The SMILES string of the molecule is C1CCNCC1.NCCCCCO.O=[N+]([O-])c1ccc(Cl)nc1. The van der Waals surface area contributed by atoms with Crippen molar-refractivity contribution in [3.63, 3.8) is 0 Å². The number of nitro groups is 1. The minimum absolute atomic E-state index is 0.0515. The second kappa shape index (κ2) is 15.6. The molecule has 1 aromatic heterocycles. The normalized spacial score (nSPS) is 13.2. The predicted molar refractivity (Wildman–Crippen MR) is 92.6 cm³/mol. The summed E-state index contributed by atoms with van der Waals surface area (Å²) in [7, 11) is 0. The summed E-state index contributed by atoms with van der Waals surface area (Å²) in [5, 5.41) is 21.8. The topological polar surface area (TPSA) is 114 Å². The first-order valence-electron chi connectivity index (χ1n) is 7.89. The van der Waals surface area contributed by atoms with Gasteiger partial charge < -0.3 is 16.2 Å². The minimum atomic E-state index is -0.524. The van der Waals surface area contributed by atoms with Crippen molar-refractivity contribution in [2.24, 2.45) is 5.73 Å². The van der Waals surface area contributed by atoms with Crippen LogP contribution < -0.4 is 11.1 Å². The quantitative estimate of drug-likeness (QED) is 0.326. The minimum Gasteiger partial charge on any atom is -0.396 e. The molecule has 1 aliphatic rings. The standard InChI is InChI=1S/C5H3ClN2O2.C5H13NO.C5H11N/c6-5-2-1-4(3-7-5)8(9)10;6-4-2-1-3-5-7;1-2-4-6-5-3-1/h1-3H;7H,1-6H2;6H,1-5H2. The van der Waals surface area contributed by atoms with Crippen LogP contribution in [0.2, 0.25) is 5.15 Å². The molecule has 0 unspecified atom stereocenters. The number of pyridine rings is 1. The summed E-state index contributed by atoms with van der Waals surface area (Å²) in [4.78, 5) is 13.0. The first-order valence-corrected chi connectivity index (χ1v) is 8.27. The van der Waals surface area contributed by atoms with E-state index < -0.39 is 4.92 Å². The zero-order chi connectivity index (χ0) is 17.3. The molecule has 2 heterocycles. The van der Waals surface area contributed by atoms with E-state index in [2.05, 4.69) is 10.3 Å². The maximum absolute atomic E-state index is 10.0. The molecule has 0 aromatic carbocycles. The van der Waals surface area contributed by atoms with E-state index in [-0.39, 0.29) is 10.8 Å². The average Bonchev–Trinajstić information content (AvgIpc) is 2.58. The average molecular weight is 347 g/mol. The molecular weight excluding hydrogens is 320 g/mol. The Kier molecular flexibility index (Phi) is 14.7. The maximum atomic E-state index is 10.0. The van der Waals surface area contributed by atoms with Gasteiger partial charge in [-0.2, -0.15) is 0 Å². The summed E-state index contributed by atoms with van der Waals surface area (Å²) in [5.74, 6) is 0. The molecule has 4 N–H and O–H groups in total. The van der Waals surface area contributed by atoms with E-state index in [9.17, 15) is 10.1 Å². The number of aliphatic hydroxyl groups is 1. The largest absolute Gasteiger partial charge is 0.396 e. The molecule has 0 aliphatic carbocycles. The Morgan fingerprint density at radius 2 is 1.96 bits per heavy atom. The fraction of sp³-hybridized carbons (Fsp3) is 0.667. The van der Waals surface area contributed by atoms with Crippen LogP contribution in [-0.4, -0.2) is 41.3 Å². The second-order valence-electron chi connectivity index (χ2n) is 4.98. The first kappa shape index (κ1) is 21.7. The third-order valence-electron chi connectivity index (χ3n) is 2.99. The summed E-state index contributed by atoms with van der Waals surface area (Å²) < 4.78 is 0. The molecule has 7 nitrogen and oxygen atoms in total. The molecule has 132 valence electrons. The summed E-state index contributed by atoms with van der Waals surface area (Å²) in [6.07, 6.45) is 8.33. The third-order valence-corrected chi connectivity index (χ3v) is 3.22. The van der Waals surface area contributed by atoms with E-state index in [1.165, 1.54) is 44.5 Å². The highest BCUT2D eigenvalue weighted by atomic mass is 35.5. The smallest absolute Gasteiger partial charge is 0.287 e. The summed E-state index contributed by atoms with van der Waals surface area (Å²) in [6.45, 7) is 3.56. The fourth-order valence-corrected chi connectivity index (χ4v) is 1.82. The summed E-state index contributed by atoms with van der Waals surface area (Å²) in [5.41, 5.74) is 5.14. The van der Waals surface area contributed by atoms with Gasteiger partial charge in [0.1, 0.15) is 11.3 Å². The number of halogens is 1. The van der Waals surface area contributed by atoms with Gasteiger partial charge >= 0.3 is 0 Å². The van der Waals surface area contributed by atoms with Crippen molar-refractivity contribution >= 4 is 17.3 Å². The van der Waals surface area contributed by atoms with Crippen molar-refractivity contribution in [2.45, 2.75) is 38.5 Å². The van der Waals surface area contributed by atoms with Gasteiger partial charge in [0.15, 0.2) is 0 Å². The molecule has 8 heteroatoms. The van der Waals surface area contributed by atoms with Gasteiger partial charge in [0.2, 0.25) is 0 Å². The molecule has 1 saturated heterocycles. The Balaban J connectivity index is 0.000000329. The lowest BCUT2D eigenvalue weighted by Crippen LogP contribution is -2.21.